The standard InChI is InChI=1S/C80H68B2/c1-77(2,3)47-31-33-67-57(35-47)63-37-49(79(7,8)9)39-65-59-41-55(53-29-21-19-27-51(53)45-23-15-13-16-24-45)62-44-70-72-60(66-40-50(80(10,11)12)38-64-58-36-48(78(4,5)6)32-34-68(58)82(70)76(64)66)42-56(54-30-22-20-28-52(54)46-25-17-14-18-26-46)61-43-69(81(67)75(63)65)71(59)73(62)74(61)72/h13-44H,1-12H3. The molecule has 0 radical (unpaired) electrons. The van der Waals surface area contributed by atoms with Crippen LogP contribution in [0.4, 0.5) is 0 Å². The Kier molecular flexibility index (Phi) is 10.1. The normalized spacial score (nSPS) is 13.8. The quantitative estimate of drug-likeness (QED) is 0.122. The predicted molar refractivity (Wildman–Crippen MR) is 358 cm³/mol. The molecule has 16 rings (SSSR count). The van der Waals surface area contributed by atoms with E-state index in [0.717, 1.165) is 0 Å². The highest BCUT2D eigenvalue weighted by Crippen LogP contribution is 2.54. The minimum atomic E-state index is -0.0799. The molecule has 0 atom stereocenters. The van der Waals surface area contributed by atoms with Gasteiger partial charge in [-0.1, -0.05) is 298 Å². The van der Waals surface area contributed by atoms with Crippen LogP contribution < -0.4 is 32.8 Å². The molecule has 0 fully saturated rings. The van der Waals surface area contributed by atoms with E-state index in [1.165, 1.54) is 176 Å². The van der Waals surface area contributed by atoms with Gasteiger partial charge in [-0.3, -0.25) is 0 Å². The van der Waals surface area contributed by atoms with Gasteiger partial charge < -0.3 is 0 Å². The van der Waals surface area contributed by atoms with Crippen molar-refractivity contribution in [3.63, 3.8) is 0 Å². The minimum Gasteiger partial charge on any atom is -0.0661 e. The molecule has 0 unspecified atom stereocenters. The first kappa shape index (κ1) is 49.6. The highest BCUT2D eigenvalue weighted by atomic mass is 14.4. The second-order valence-corrected chi connectivity index (χ2v) is 28.7. The number of fused-ring (bicyclic) bond motifs is 10. The van der Waals surface area contributed by atoms with Crippen molar-refractivity contribution < 1.29 is 0 Å². The van der Waals surface area contributed by atoms with Crippen molar-refractivity contribution in [2.24, 2.45) is 0 Å². The summed E-state index contributed by atoms with van der Waals surface area (Å²) in [6.45, 7) is 28.7. The summed E-state index contributed by atoms with van der Waals surface area (Å²) < 4.78 is 0. The molecule has 0 saturated carbocycles. The SMILES string of the molecule is CC(C)(C)c1ccc2c(c1)-c1cc(C(C)(C)C)cc3c1B2c1cc2c(-c4ccccc4-c4ccccc4)cc4c5c(cc6c(-c7ccccc7-c7ccccc7)cc-3c1c6c25)B1c2ccc(C(C)(C)C)cc2-c2cc(C(C)(C)C)cc-4c21. The number of rotatable bonds is 4. The third-order valence-electron chi connectivity index (χ3n) is 19.7. The minimum absolute atomic E-state index is 0.00399. The zero-order valence-corrected chi connectivity index (χ0v) is 49.6. The van der Waals surface area contributed by atoms with Crippen molar-refractivity contribution in [1.82, 2.24) is 0 Å². The van der Waals surface area contributed by atoms with Gasteiger partial charge in [0.1, 0.15) is 0 Å². The molecule has 0 N–H and O–H groups in total. The Morgan fingerprint density at radius 1 is 0.220 bits per heavy atom. The van der Waals surface area contributed by atoms with E-state index >= 15 is 0 Å². The number of hydrogen-bond donors (Lipinski definition) is 0. The molecule has 0 bridgehead atoms. The molecular formula is C80H68B2. The van der Waals surface area contributed by atoms with Crippen LogP contribution in [0.3, 0.4) is 0 Å². The van der Waals surface area contributed by atoms with Crippen LogP contribution in [0.25, 0.3) is 121 Å². The maximum atomic E-state index is 2.72. The summed E-state index contributed by atoms with van der Waals surface area (Å²) in [6, 6.07) is 76.9. The zero-order valence-electron chi connectivity index (χ0n) is 49.6. The van der Waals surface area contributed by atoms with Gasteiger partial charge in [0.25, 0.3) is 0 Å². The van der Waals surface area contributed by atoms with Gasteiger partial charge in [-0.05, 0) is 177 Å². The van der Waals surface area contributed by atoms with Crippen LogP contribution in [0.2, 0.25) is 0 Å². The Labute approximate surface area is 485 Å². The Morgan fingerprint density at radius 2 is 0.537 bits per heavy atom. The topological polar surface area (TPSA) is 0 Å². The van der Waals surface area contributed by atoms with Gasteiger partial charge in [-0.25, -0.2) is 0 Å². The van der Waals surface area contributed by atoms with E-state index in [2.05, 4.69) is 277 Å². The fraction of sp³-hybridized carbons (Fsp3) is 0.200. The van der Waals surface area contributed by atoms with Crippen molar-refractivity contribution in [2.45, 2.75) is 105 Å². The van der Waals surface area contributed by atoms with Crippen molar-refractivity contribution in [2.75, 3.05) is 0 Å². The van der Waals surface area contributed by atoms with E-state index in [-0.39, 0.29) is 35.1 Å². The van der Waals surface area contributed by atoms with E-state index < -0.39 is 0 Å². The van der Waals surface area contributed by atoms with Gasteiger partial charge in [0.15, 0.2) is 0 Å². The predicted octanol–water partition coefficient (Wildman–Crippen LogP) is 17.4. The van der Waals surface area contributed by atoms with Gasteiger partial charge in [-0.15, -0.1) is 0 Å². The maximum absolute atomic E-state index is 2.72. The van der Waals surface area contributed by atoms with Gasteiger partial charge in [-0.2, -0.15) is 0 Å². The molecule has 0 aromatic heterocycles. The number of benzene rings is 12. The largest absolute Gasteiger partial charge is 0.244 e. The third-order valence-corrected chi connectivity index (χ3v) is 19.7. The van der Waals surface area contributed by atoms with Crippen LogP contribution in [-0.4, -0.2) is 13.4 Å². The first-order valence-electron chi connectivity index (χ1n) is 30.1. The van der Waals surface area contributed by atoms with Crippen LogP contribution in [0.15, 0.2) is 194 Å². The first-order valence-corrected chi connectivity index (χ1v) is 30.1. The summed E-state index contributed by atoms with van der Waals surface area (Å²) in [5.41, 5.74) is 35.1. The lowest BCUT2D eigenvalue weighted by molar-refractivity contribution is 0.590. The third kappa shape index (κ3) is 6.94. The van der Waals surface area contributed by atoms with Crippen LogP contribution in [0.5, 0.6) is 0 Å². The van der Waals surface area contributed by atoms with E-state index in [4.69, 9.17) is 0 Å². The molecular weight excluding hydrogens is 983 g/mol. The highest BCUT2D eigenvalue weighted by Gasteiger charge is 2.46. The average Bonchev–Trinajstić information content (AvgIpc) is 1.57. The molecule has 4 aliphatic rings. The molecule has 82 heavy (non-hydrogen) atoms. The van der Waals surface area contributed by atoms with Crippen LogP contribution in [-0.2, 0) is 21.7 Å². The lowest BCUT2D eigenvalue weighted by Gasteiger charge is -2.34. The lowest BCUT2D eigenvalue weighted by atomic mass is 9.34. The van der Waals surface area contributed by atoms with Crippen molar-refractivity contribution in [3.05, 3.63) is 216 Å². The van der Waals surface area contributed by atoms with Crippen molar-refractivity contribution in [3.8, 4) is 89.0 Å². The summed E-state index contributed by atoms with van der Waals surface area (Å²) in [7, 11) is 0. The van der Waals surface area contributed by atoms with E-state index in [9.17, 15) is 0 Å². The first-order chi connectivity index (χ1) is 39.2. The van der Waals surface area contributed by atoms with Gasteiger partial charge >= 0.3 is 0 Å². The smallest absolute Gasteiger partial charge is 0.0661 e. The van der Waals surface area contributed by atoms with Crippen molar-refractivity contribution in [1.29, 1.82) is 0 Å². The lowest BCUT2D eigenvalue weighted by Crippen LogP contribution is -2.53. The molecule has 0 amide bonds. The van der Waals surface area contributed by atoms with Gasteiger partial charge in [0.2, 0.25) is 13.4 Å². The highest BCUT2D eigenvalue weighted by molar-refractivity contribution is 7.03. The molecule has 0 nitrogen and oxygen atoms in total. The number of hydrogen-bond acceptors (Lipinski definition) is 0. The molecule has 394 valence electrons. The van der Waals surface area contributed by atoms with E-state index in [1.807, 2.05) is 0 Å². The summed E-state index contributed by atoms with van der Waals surface area (Å²) in [5, 5.41) is 8.29. The molecule has 12 aromatic carbocycles. The Morgan fingerprint density at radius 3 is 0.890 bits per heavy atom. The average molecular weight is 1050 g/mol. The molecule has 12 aromatic rings. The van der Waals surface area contributed by atoms with Crippen LogP contribution >= 0.6 is 0 Å². The van der Waals surface area contributed by atoms with Crippen LogP contribution in [0, 0.1) is 0 Å². The van der Waals surface area contributed by atoms with E-state index in [0.29, 0.717) is 0 Å². The van der Waals surface area contributed by atoms with E-state index in [1.54, 1.807) is 0 Å². The monoisotopic (exact) mass is 1050 g/mol. The van der Waals surface area contributed by atoms with Gasteiger partial charge in [0, 0.05) is 0 Å². The summed E-state index contributed by atoms with van der Waals surface area (Å²) in [5.74, 6) is 0. The fourth-order valence-electron chi connectivity index (χ4n) is 15.4. The summed E-state index contributed by atoms with van der Waals surface area (Å²) in [6.07, 6.45) is 0. The maximum Gasteiger partial charge on any atom is 0.244 e. The molecule has 0 aliphatic carbocycles. The molecule has 4 heterocycles. The summed E-state index contributed by atoms with van der Waals surface area (Å²) in [4.78, 5) is 0. The molecule has 0 saturated heterocycles. The molecule has 2 heteroatoms. The summed E-state index contributed by atoms with van der Waals surface area (Å²) >= 11 is 0. The molecule has 4 aliphatic heterocycles. The second-order valence-electron chi connectivity index (χ2n) is 28.7. The Bertz CT molecular complexity index is 4450. The Hall–Kier alpha value is -8.19. The van der Waals surface area contributed by atoms with Gasteiger partial charge in [0.05, 0.1) is 0 Å². The molecule has 0 spiro atoms. The fourth-order valence-corrected chi connectivity index (χ4v) is 15.4. The van der Waals surface area contributed by atoms with Crippen LogP contribution in [0.1, 0.15) is 105 Å². The zero-order chi connectivity index (χ0) is 56.3. The second kappa shape index (κ2) is 16.7. The van der Waals surface area contributed by atoms with Crippen molar-refractivity contribution >= 4 is 78.5 Å². The Balaban J connectivity index is 1.15.